The van der Waals surface area contributed by atoms with Crippen molar-refractivity contribution in [3.8, 4) is 0 Å². The minimum absolute atomic E-state index is 0.137. The van der Waals surface area contributed by atoms with Crippen LogP contribution in [0.15, 0.2) is 36.4 Å². The van der Waals surface area contributed by atoms with Gasteiger partial charge in [-0.25, -0.2) is 4.79 Å². The Morgan fingerprint density at radius 3 is 2.30 bits per heavy atom. The molecule has 2 N–H and O–H groups in total. The van der Waals surface area contributed by atoms with E-state index in [4.69, 9.17) is 16.3 Å². The number of ether oxygens (including phenoxy) is 1. The largest absolute Gasteiger partial charge is 0.444 e. The summed E-state index contributed by atoms with van der Waals surface area (Å²) in [5.41, 5.74) is 3.27. The van der Waals surface area contributed by atoms with Gasteiger partial charge in [-0.15, -0.1) is 0 Å². The number of carbonyl (C=O) groups excluding carboxylic acids is 3. The Hall–Kier alpha value is -3.06. The van der Waals surface area contributed by atoms with Gasteiger partial charge in [0.05, 0.1) is 10.7 Å². The first-order valence-electron chi connectivity index (χ1n) is 14.2. The molecule has 7 nitrogen and oxygen atoms in total. The number of amides is 3. The Morgan fingerprint density at radius 1 is 1.07 bits per heavy atom. The molecule has 8 heteroatoms. The third kappa shape index (κ3) is 7.57. The van der Waals surface area contributed by atoms with Gasteiger partial charge in [0.2, 0.25) is 5.91 Å². The molecule has 1 saturated carbocycles. The molecule has 3 unspecified atom stereocenters. The van der Waals surface area contributed by atoms with Crippen LogP contribution in [0.4, 0.5) is 10.5 Å². The summed E-state index contributed by atoms with van der Waals surface area (Å²) < 4.78 is 5.51. The summed E-state index contributed by atoms with van der Waals surface area (Å²) in [4.78, 5) is 43.4. The standard InChI is InChI=1S/C32H44ClN3O4/c1-9-20(3)27(35-31(39)40-32(6,7)8)30(38)36(23-13-11-14-23)28(24-18-19(2)16-17-21(24)4)29(37)34-26-22(5)12-10-15-25(26)33/h10,12,15-18,20,23,27-28H,9,11,13-14H2,1-8H3,(H,34,37)(H,35,39). The molecule has 2 aromatic carbocycles. The Kier molecular flexibility index (Phi) is 10.3. The van der Waals surface area contributed by atoms with Crippen LogP contribution in [0.5, 0.6) is 0 Å². The second-order valence-electron chi connectivity index (χ2n) is 12.0. The van der Waals surface area contributed by atoms with E-state index in [0.29, 0.717) is 17.1 Å². The topological polar surface area (TPSA) is 87.7 Å². The fourth-order valence-corrected chi connectivity index (χ4v) is 5.18. The molecular formula is C32H44ClN3O4. The van der Waals surface area contributed by atoms with Crippen LogP contribution in [-0.4, -0.2) is 40.5 Å². The predicted octanol–water partition coefficient (Wildman–Crippen LogP) is 7.27. The van der Waals surface area contributed by atoms with Gasteiger partial charge in [-0.2, -0.15) is 0 Å². The van der Waals surface area contributed by atoms with Crippen molar-refractivity contribution in [2.45, 2.75) is 105 Å². The lowest BCUT2D eigenvalue weighted by molar-refractivity contribution is -0.147. The number of halogens is 1. The highest BCUT2D eigenvalue weighted by atomic mass is 35.5. The van der Waals surface area contributed by atoms with Crippen molar-refractivity contribution in [2.24, 2.45) is 5.92 Å². The third-order valence-electron chi connectivity index (χ3n) is 7.60. The molecule has 1 fully saturated rings. The average molecular weight is 570 g/mol. The molecule has 2 aromatic rings. The van der Waals surface area contributed by atoms with E-state index in [9.17, 15) is 14.4 Å². The molecule has 1 aliphatic carbocycles. The minimum atomic E-state index is -0.916. The summed E-state index contributed by atoms with van der Waals surface area (Å²) in [5, 5.41) is 6.31. The van der Waals surface area contributed by atoms with E-state index in [0.717, 1.165) is 41.5 Å². The molecule has 1 aliphatic rings. The molecule has 218 valence electrons. The van der Waals surface area contributed by atoms with Gasteiger partial charge in [-0.1, -0.05) is 67.8 Å². The van der Waals surface area contributed by atoms with Crippen molar-refractivity contribution >= 4 is 35.2 Å². The molecular weight excluding hydrogens is 526 g/mol. The summed E-state index contributed by atoms with van der Waals surface area (Å²) >= 11 is 6.49. The normalized spacial score (nSPS) is 15.8. The molecule has 3 rings (SSSR count). The van der Waals surface area contributed by atoms with Crippen LogP contribution < -0.4 is 10.6 Å². The number of hydrogen-bond donors (Lipinski definition) is 2. The van der Waals surface area contributed by atoms with Crippen LogP contribution in [-0.2, 0) is 14.3 Å². The van der Waals surface area contributed by atoms with E-state index in [1.807, 2.05) is 65.0 Å². The summed E-state index contributed by atoms with van der Waals surface area (Å²) in [7, 11) is 0. The van der Waals surface area contributed by atoms with Gasteiger partial charge in [-0.05, 0) is 89.5 Å². The number of rotatable bonds is 9. The number of alkyl carbamates (subject to hydrolysis) is 1. The Labute approximate surface area is 244 Å². The minimum Gasteiger partial charge on any atom is -0.444 e. The summed E-state index contributed by atoms with van der Waals surface area (Å²) in [6.45, 7) is 15.1. The Balaban J connectivity index is 2.11. The first kappa shape index (κ1) is 31.5. The van der Waals surface area contributed by atoms with Gasteiger partial charge in [-0.3, -0.25) is 9.59 Å². The predicted molar refractivity (Wildman–Crippen MR) is 161 cm³/mol. The van der Waals surface area contributed by atoms with Crippen LogP contribution in [0.3, 0.4) is 0 Å². The third-order valence-corrected chi connectivity index (χ3v) is 7.91. The molecule has 0 bridgehead atoms. The number of hydrogen-bond acceptors (Lipinski definition) is 4. The highest BCUT2D eigenvalue weighted by Crippen LogP contribution is 2.37. The van der Waals surface area contributed by atoms with Crippen molar-refractivity contribution in [3.05, 3.63) is 63.7 Å². The van der Waals surface area contributed by atoms with Crippen LogP contribution in [0.2, 0.25) is 5.02 Å². The van der Waals surface area contributed by atoms with E-state index in [2.05, 4.69) is 10.6 Å². The van der Waals surface area contributed by atoms with E-state index >= 15 is 0 Å². The van der Waals surface area contributed by atoms with E-state index in [1.54, 1.807) is 31.7 Å². The maximum atomic E-state index is 14.5. The van der Waals surface area contributed by atoms with Crippen LogP contribution >= 0.6 is 11.6 Å². The SMILES string of the molecule is CCC(C)C(NC(=O)OC(C)(C)C)C(=O)N(C1CCC1)C(C(=O)Nc1c(C)cccc1Cl)c1cc(C)ccc1C. The van der Waals surface area contributed by atoms with Gasteiger partial charge < -0.3 is 20.3 Å². The van der Waals surface area contributed by atoms with Crippen molar-refractivity contribution in [1.29, 1.82) is 0 Å². The average Bonchev–Trinajstić information content (AvgIpc) is 2.83. The van der Waals surface area contributed by atoms with Crippen LogP contribution in [0.1, 0.15) is 88.6 Å². The fraction of sp³-hybridized carbons (Fsp3) is 0.531. The molecule has 0 heterocycles. The second-order valence-corrected chi connectivity index (χ2v) is 12.4. The van der Waals surface area contributed by atoms with Gasteiger partial charge in [0.15, 0.2) is 0 Å². The summed E-state index contributed by atoms with van der Waals surface area (Å²) in [6, 6.07) is 9.47. The van der Waals surface area contributed by atoms with Crippen molar-refractivity contribution in [2.75, 3.05) is 5.32 Å². The van der Waals surface area contributed by atoms with Gasteiger partial charge in [0, 0.05) is 6.04 Å². The second kappa shape index (κ2) is 13.1. The van der Waals surface area contributed by atoms with Gasteiger partial charge in [0.1, 0.15) is 17.7 Å². The molecule has 3 amide bonds. The van der Waals surface area contributed by atoms with Crippen molar-refractivity contribution < 1.29 is 19.1 Å². The Morgan fingerprint density at radius 2 is 1.75 bits per heavy atom. The zero-order chi connectivity index (χ0) is 29.8. The maximum Gasteiger partial charge on any atom is 0.408 e. The maximum absolute atomic E-state index is 14.5. The molecule has 40 heavy (non-hydrogen) atoms. The number of nitrogens with zero attached hydrogens (tertiary/aromatic N) is 1. The van der Waals surface area contributed by atoms with E-state index in [-0.39, 0.29) is 23.8 Å². The van der Waals surface area contributed by atoms with E-state index < -0.39 is 23.8 Å². The first-order chi connectivity index (χ1) is 18.7. The lowest BCUT2D eigenvalue weighted by Gasteiger charge is -2.44. The highest BCUT2D eigenvalue weighted by molar-refractivity contribution is 6.34. The molecule has 0 aliphatic heterocycles. The summed E-state index contributed by atoms with van der Waals surface area (Å²) in [6.07, 6.45) is 2.53. The number of carbonyl (C=O) groups is 3. The number of benzene rings is 2. The number of anilines is 1. The summed E-state index contributed by atoms with van der Waals surface area (Å²) in [5.74, 6) is -0.817. The zero-order valence-electron chi connectivity index (χ0n) is 25.1. The molecule has 0 radical (unpaired) electrons. The quantitative estimate of drug-likeness (QED) is 0.332. The number of nitrogens with one attached hydrogen (secondary N) is 2. The van der Waals surface area contributed by atoms with Gasteiger partial charge >= 0.3 is 6.09 Å². The van der Waals surface area contributed by atoms with Gasteiger partial charge in [0.25, 0.3) is 5.91 Å². The monoisotopic (exact) mass is 569 g/mol. The fourth-order valence-electron chi connectivity index (χ4n) is 4.91. The van der Waals surface area contributed by atoms with E-state index in [1.165, 1.54) is 0 Å². The lowest BCUT2D eigenvalue weighted by atomic mass is 9.86. The van der Waals surface area contributed by atoms with Crippen molar-refractivity contribution in [3.63, 3.8) is 0 Å². The number of aryl methyl sites for hydroxylation is 3. The highest BCUT2D eigenvalue weighted by Gasteiger charge is 2.43. The molecule has 0 spiro atoms. The molecule has 0 saturated heterocycles. The Bertz CT molecular complexity index is 1210. The smallest absolute Gasteiger partial charge is 0.408 e. The molecule has 3 atom stereocenters. The van der Waals surface area contributed by atoms with Crippen LogP contribution in [0.25, 0.3) is 0 Å². The molecule has 0 aromatic heterocycles. The zero-order valence-corrected chi connectivity index (χ0v) is 25.8. The first-order valence-corrected chi connectivity index (χ1v) is 14.6. The van der Waals surface area contributed by atoms with Crippen LogP contribution in [0, 0.1) is 26.7 Å². The van der Waals surface area contributed by atoms with Crippen molar-refractivity contribution in [1.82, 2.24) is 10.2 Å². The number of para-hydroxylation sites is 1. The lowest BCUT2D eigenvalue weighted by Crippen LogP contribution is -2.58.